The monoisotopic (exact) mass is 216 g/mol. The number of ether oxygens (including phenoxy) is 1. The van der Waals surface area contributed by atoms with Crippen LogP contribution in [-0.4, -0.2) is 23.9 Å². The van der Waals surface area contributed by atoms with E-state index in [9.17, 15) is 5.11 Å². The smallest absolute Gasteiger partial charge is 0.0745 e. The summed E-state index contributed by atoms with van der Waals surface area (Å²) < 4.78 is 5.70. The average molecular weight is 216 g/mol. The number of aliphatic hydroxyl groups is 1. The van der Waals surface area contributed by atoms with Crippen LogP contribution in [0.5, 0.6) is 0 Å². The van der Waals surface area contributed by atoms with Crippen molar-refractivity contribution in [1.82, 2.24) is 0 Å². The number of aliphatic hydroxyl groups excluding tert-OH is 1. The van der Waals surface area contributed by atoms with E-state index in [1.165, 1.54) is 32.1 Å². The van der Waals surface area contributed by atoms with Crippen molar-refractivity contribution in [3.8, 4) is 0 Å². The molecule has 0 aliphatic rings. The van der Waals surface area contributed by atoms with Crippen LogP contribution in [0.1, 0.15) is 65.7 Å². The van der Waals surface area contributed by atoms with Gasteiger partial charge in [0.2, 0.25) is 0 Å². The van der Waals surface area contributed by atoms with Gasteiger partial charge < -0.3 is 9.84 Å². The quantitative estimate of drug-likeness (QED) is 0.566. The molecule has 0 aliphatic carbocycles. The Hall–Kier alpha value is -0.0800. The van der Waals surface area contributed by atoms with Crippen LogP contribution in [0, 0.1) is 0 Å². The van der Waals surface area contributed by atoms with Gasteiger partial charge in [-0.1, -0.05) is 46.0 Å². The number of hydrogen-bond acceptors (Lipinski definition) is 2. The van der Waals surface area contributed by atoms with Crippen molar-refractivity contribution in [2.75, 3.05) is 6.61 Å². The zero-order valence-corrected chi connectivity index (χ0v) is 10.7. The van der Waals surface area contributed by atoms with Gasteiger partial charge in [-0.05, 0) is 19.8 Å². The summed E-state index contributed by atoms with van der Waals surface area (Å²) in [7, 11) is 0. The fourth-order valence-electron chi connectivity index (χ4n) is 1.64. The number of unbranched alkanes of at least 4 members (excludes halogenated alkanes) is 3. The molecular formula is C13H28O2. The molecule has 0 rings (SSSR count). The van der Waals surface area contributed by atoms with E-state index in [1.807, 2.05) is 0 Å². The molecule has 2 unspecified atom stereocenters. The lowest BCUT2D eigenvalue weighted by molar-refractivity contribution is -0.0115. The summed E-state index contributed by atoms with van der Waals surface area (Å²) in [4.78, 5) is 0. The van der Waals surface area contributed by atoms with Crippen molar-refractivity contribution in [2.24, 2.45) is 0 Å². The topological polar surface area (TPSA) is 29.5 Å². The summed E-state index contributed by atoms with van der Waals surface area (Å²) in [6.45, 7) is 6.69. The minimum absolute atomic E-state index is 0.333. The first kappa shape index (κ1) is 14.9. The normalized spacial score (nSPS) is 15.2. The van der Waals surface area contributed by atoms with Crippen LogP contribution in [0.15, 0.2) is 0 Å². The summed E-state index contributed by atoms with van der Waals surface area (Å²) in [6, 6.07) is 0. The second-order valence-electron chi connectivity index (χ2n) is 4.44. The minimum Gasteiger partial charge on any atom is -0.391 e. The summed E-state index contributed by atoms with van der Waals surface area (Å²) in [5.74, 6) is 0. The largest absolute Gasteiger partial charge is 0.391 e. The van der Waals surface area contributed by atoms with Gasteiger partial charge in [0.1, 0.15) is 0 Å². The Morgan fingerprint density at radius 2 is 1.60 bits per heavy atom. The van der Waals surface area contributed by atoms with E-state index in [0.29, 0.717) is 12.7 Å². The highest BCUT2D eigenvalue weighted by molar-refractivity contribution is 4.60. The van der Waals surface area contributed by atoms with Crippen molar-refractivity contribution in [3.63, 3.8) is 0 Å². The van der Waals surface area contributed by atoms with E-state index in [0.717, 1.165) is 12.8 Å². The highest BCUT2D eigenvalue weighted by atomic mass is 16.5. The van der Waals surface area contributed by atoms with Gasteiger partial charge in [0.05, 0.1) is 18.8 Å². The molecule has 0 aliphatic heterocycles. The van der Waals surface area contributed by atoms with Crippen molar-refractivity contribution in [1.29, 1.82) is 0 Å². The molecule has 15 heavy (non-hydrogen) atoms. The van der Waals surface area contributed by atoms with Crippen LogP contribution in [0.3, 0.4) is 0 Å². The first-order valence-corrected chi connectivity index (χ1v) is 6.50. The summed E-state index contributed by atoms with van der Waals surface area (Å²) in [6.07, 6.45) is 8.60. The Kier molecular flexibility index (Phi) is 10.4. The fraction of sp³-hybridized carbons (Fsp3) is 1.00. The second-order valence-corrected chi connectivity index (χ2v) is 4.44. The van der Waals surface area contributed by atoms with E-state index in [2.05, 4.69) is 13.8 Å². The molecular weight excluding hydrogens is 188 g/mol. The standard InChI is InChI=1S/C13H28O2/c1-4-6-8-10-13(9-7-5-2)15-11-12(3)14/h12-14H,4-11H2,1-3H3. The SMILES string of the molecule is CCCCCC(CCCC)OCC(C)O. The Bertz CT molecular complexity index is 124. The predicted octanol–water partition coefficient (Wildman–Crippen LogP) is 3.52. The van der Waals surface area contributed by atoms with Crippen LogP contribution in [0.25, 0.3) is 0 Å². The third-order valence-corrected chi connectivity index (χ3v) is 2.58. The average Bonchev–Trinajstić information content (AvgIpc) is 2.21. The molecule has 0 saturated carbocycles. The molecule has 0 bridgehead atoms. The summed E-state index contributed by atoms with van der Waals surface area (Å²) in [5, 5.41) is 9.17. The third kappa shape index (κ3) is 10.2. The third-order valence-electron chi connectivity index (χ3n) is 2.58. The molecule has 0 radical (unpaired) electrons. The maximum Gasteiger partial charge on any atom is 0.0745 e. The molecule has 2 nitrogen and oxygen atoms in total. The van der Waals surface area contributed by atoms with Crippen LogP contribution in [0.2, 0.25) is 0 Å². The molecule has 1 N–H and O–H groups in total. The van der Waals surface area contributed by atoms with Gasteiger partial charge in [-0.3, -0.25) is 0 Å². The summed E-state index contributed by atoms with van der Waals surface area (Å²) in [5.41, 5.74) is 0. The zero-order valence-electron chi connectivity index (χ0n) is 10.7. The lowest BCUT2D eigenvalue weighted by Gasteiger charge is -2.18. The second kappa shape index (κ2) is 10.4. The van der Waals surface area contributed by atoms with E-state index in [4.69, 9.17) is 4.74 Å². The number of hydrogen-bond donors (Lipinski definition) is 1. The van der Waals surface area contributed by atoms with Gasteiger partial charge >= 0.3 is 0 Å². The Labute approximate surface area is 95.0 Å². The van der Waals surface area contributed by atoms with Gasteiger partial charge in [-0.25, -0.2) is 0 Å². The molecule has 0 heterocycles. The van der Waals surface area contributed by atoms with Crippen molar-refractivity contribution in [3.05, 3.63) is 0 Å². The van der Waals surface area contributed by atoms with Crippen LogP contribution >= 0.6 is 0 Å². The fourth-order valence-corrected chi connectivity index (χ4v) is 1.64. The molecule has 0 fully saturated rings. The van der Waals surface area contributed by atoms with E-state index >= 15 is 0 Å². The first-order chi connectivity index (χ1) is 7.20. The summed E-state index contributed by atoms with van der Waals surface area (Å²) >= 11 is 0. The highest BCUT2D eigenvalue weighted by Crippen LogP contribution is 2.13. The van der Waals surface area contributed by atoms with Gasteiger partial charge in [0, 0.05) is 0 Å². The molecule has 0 aromatic heterocycles. The van der Waals surface area contributed by atoms with Gasteiger partial charge in [0.25, 0.3) is 0 Å². The van der Waals surface area contributed by atoms with Crippen molar-refractivity contribution < 1.29 is 9.84 Å². The molecule has 0 amide bonds. The Morgan fingerprint density at radius 1 is 1.00 bits per heavy atom. The lowest BCUT2D eigenvalue weighted by atomic mass is 10.1. The predicted molar refractivity (Wildman–Crippen MR) is 65.1 cm³/mol. The molecule has 0 aromatic carbocycles. The zero-order chi connectivity index (χ0) is 11.5. The van der Waals surface area contributed by atoms with Gasteiger partial charge in [-0.2, -0.15) is 0 Å². The molecule has 2 heteroatoms. The highest BCUT2D eigenvalue weighted by Gasteiger charge is 2.09. The van der Waals surface area contributed by atoms with Crippen LogP contribution in [-0.2, 0) is 4.74 Å². The van der Waals surface area contributed by atoms with Gasteiger partial charge in [0.15, 0.2) is 0 Å². The number of rotatable bonds is 10. The van der Waals surface area contributed by atoms with Crippen LogP contribution in [0.4, 0.5) is 0 Å². The first-order valence-electron chi connectivity index (χ1n) is 6.50. The molecule has 0 spiro atoms. The Balaban J connectivity index is 3.63. The molecule has 0 aromatic rings. The van der Waals surface area contributed by atoms with Crippen LogP contribution < -0.4 is 0 Å². The molecule has 92 valence electrons. The van der Waals surface area contributed by atoms with E-state index in [-0.39, 0.29) is 6.10 Å². The van der Waals surface area contributed by atoms with Gasteiger partial charge in [-0.15, -0.1) is 0 Å². The minimum atomic E-state index is -0.333. The van der Waals surface area contributed by atoms with E-state index < -0.39 is 0 Å². The van der Waals surface area contributed by atoms with E-state index in [1.54, 1.807) is 6.92 Å². The Morgan fingerprint density at radius 3 is 2.13 bits per heavy atom. The van der Waals surface area contributed by atoms with Crippen molar-refractivity contribution >= 4 is 0 Å². The molecule has 2 atom stereocenters. The maximum atomic E-state index is 9.17. The lowest BCUT2D eigenvalue weighted by Crippen LogP contribution is -2.19. The van der Waals surface area contributed by atoms with Crippen molar-refractivity contribution in [2.45, 2.75) is 77.9 Å². The maximum absolute atomic E-state index is 9.17. The molecule has 0 saturated heterocycles.